The molecule has 1 heterocycles. The standard InChI is InChI=1S/C18H25NO2/c1-14(13-19-8-10-21-11-9-19)18(20)17-7-6-15-4-2-3-5-16(15)12-17/h6-7,12,14H,2-5,8-11,13H2,1H3. The summed E-state index contributed by atoms with van der Waals surface area (Å²) in [6.45, 7) is 6.37. The Kier molecular flexibility index (Phi) is 4.71. The Morgan fingerprint density at radius 2 is 1.90 bits per heavy atom. The molecule has 0 spiro atoms. The van der Waals surface area contributed by atoms with Crippen LogP contribution < -0.4 is 0 Å². The van der Waals surface area contributed by atoms with E-state index in [0.29, 0.717) is 0 Å². The van der Waals surface area contributed by atoms with Crippen molar-refractivity contribution in [1.29, 1.82) is 0 Å². The maximum absolute atomic E-state index is 12.6. The van der Waals surface area contributed by atoms with Crippen molar-refractivity contribution in [3.05, 3.63) is 34.9 Å². The third-order valence-electron chi connectivity index (χ3n) is 4.72. The van der Waals surface area contributed by atoms with Gasteiger partial charge in [-0.05, 0) is 42.9 Å². The van der Waals surface area contributed by atoms with Crippen LogP contribution in [0.4, 0.5) is 0 Å². The zero-order valence-electron chi connectivity index (χ0n) is 12.9. The maximum Gasteiger partial charge on any atom is 0.166 e. The van der Waals surface area contributed by atoms with Gasteiger partial charge in [-0.15, -0.1) is 0 Å². The van der Waals surface area contributed by atoms with E-state index >= 15 is 0 Å². The Morgan fingerprint density at radius 1 is 1.19 bits per heavy atom. The highest BCUT2D eigenvalue weighted by atomic mass is 16.5. The number of hydrogen-bond donors (Lipinski definition) is 0. The van der Waals surface area contributed by atoms with Gasteiger partial charge in [0.1, 0.15) is 0 Å². The number of fused-ring (bicyclic) bond motifs is 1. The molecular formula is C18H25NO2. The van der Waals surface area contributed by atoms with Crippen molar-refractivity contribution >= 4 is 5.78 Å². The van der Waals surface area contributed by atoms with Crippen molar-refractivity contribution in [2.45, 2.75) is 32.6 Å². The summed E-state index contributed by atoms with van der Waals surface area (Å²) in [6, 6.07) is 6.35. The Labute approximate surface area is 127 Å². The van der Waals surface area contributed by atoms with Gasteiger partial charge in [-0.1, -0.05) is 19.1 Å². The highest BCUT2D eigenvalue weighted by molar-refractivity contribution is 5.98. The lowest BCUT2D eigenvalue weighted by molar-refractivity contribution is 0.0313. The molecule has 1 unspecified atom stereocenters. The van der Waals surface area contributed by atoms with E-state index in [2.05, 4.69) is 24.0 Å². The topological polar surface area (TPSA) is 29.5 Å². The van der Waals surface area contributed by atoms with E-state index in [1.807, 2.05) is 6.07 Å². The summed E-state index contributed by atoms with van der Waals surface area (Å²) < 4.78 is 5.36. The SMILES string of the molecule is CC(CN1CCOCC1)C(=O)c1ccc2c(c1)CCCC2. The van der Waals surface area contributed by atoms with Gasteiger partial charge < -0.3 is 4.74 Å². The third-order valence-corrected chi connectivity index (χ3v) is 4.72. The van der Waals surface area contributed by atoms with Crippen molar-refractivity contribution in [2.75, 3.05) is 32.8 Å². The largest absolute Gasteiger partial charge is 0.379 e. The average molecular weight is 287 g/mol. The summed E-state index contributed by atoms with van der Waals surface area (Å²) in [7, 11) is 0. The monoisotopic (exact) mass is 287 g/mol. The van der Waals surface area contributed by atoms with Crippen molar-refractivity contribution < 1.29 is 9.53 Å². The van der Waals surface area contributed by atoms with Crippen LogP contribution in [0.1, 0.15) is 41.3 Å². The number of carbonyl (C=O) groups is 1. The summed E-state index contributed by atoms with van der Waals surface area (Å²) in [5.41, 5.74) is 3.74. The van der Waals surface area contributed by atoms with E-state index in [-0.39, 0.29) is 11.7 Å². The van der Waals surface area contributed by atoms with Crippen LogP contribution in [-0.4, -0.2) is 43.5 Å². The molecular weight excluding hydrogens is 262 g/mol. The molecule has 1 aliphatic heterocycles. The highest BCUT2D eigenvalue weighted by Crippen LogP contribution is 2.23. The number of rotatable bonds is 4. The van der Waals surface area contributed by atoms with Crippen LogP contribution in [0.2, 0.25) is 0 Å². The van der Waals surface area contributed by atoms with Crippen LogP contribution >= 0.6 is 0 Å². The summed E-state index contributed by atoms with van der Waals surface area (Å²) >= 11 is 0. The van der Waals surface area contributed by atoms with E-state index in [9.17, 15) is 4.79 Å². The molecule has 3 rings (SSSR count). The fourth-order valence-corrected chi connectivity index (χ4v) is 3.43. The van der Waals surface area contributed by atoms with E-state index in [1.54, 1.807) is 0 Å². The number of ketones is 1. The molecule has 0 bridgehead atoms. The lowest BCUT2D eigenvalue weighted by Crippen LogP contribution is -2.40. The fraction of sp³-hybridized carbons (Fsp3) is 0.611. The quantitative estimate of drug-likeness (QED) is 0.798. The number of Topliss-reactive ketones (excluding diaryl/α,β-unsaturated/α-hetero) is 1. The number of benzene rings is 1. The van der Waals surface area contributed by atoms with Gasteiger partial charge >= 0.3 is 0 Å². The Balaban J connectivity index is 1.66. The molecule has 2 aliphatic rings. The molecule has 0 N–H and O–H groups in total. The molecule has 1 aliphatic carbocycles. The first kappa shape index (κ1) is 14.7. The van der Waals surface area contributed by atoms with Gasteiger partial charge in [-0.3, -0.25) is 9.69 Å². The smallest absolute Gasteiger partial charge is 0.166 e. The van der Waals surface area contributed by atoms with Crippen molar-refractivity contribution in [3.8, 4) is 0 Å². The minimum Gasteiger partial charge on any atom is -0.379 e. The van der Waals surface area contributed by atoms with Crippen LogP contribution in [0.25, 0.3) is 0 Å². The predicted molar refractivity (Wildman–Crippen MR) is 83.8 cm³/mol. The average Bonchev–Trinajstić information content (AvgIpc) is 2.54. The highest BCUT2D eigenvalue weighted by Gasteiger charge is 2.21. The van der Waals surface area contributed by atoms with E-state index in [4.69, 9.17) is 4.74 Å². The van der Waals surface area contributed by atoms with Gasteiger partial charge in [0.2, 0.25) is 0 Å². The van der Waals surface area contributed by atoms with Crippen LogP contribution in [0.3, 0.4) is 0 Å². The molecule has 1 saturated heterocycles. The Morgan fingerprint density at radius 3 is 2.67 bits per heavy atom. The molecule has 3 nitrogen and oxygen atoms in total. The lowest BCUT2D eigenvalue weighted by atomic mass is 9.88. The van der Waals surface area contributed by atoms with Crippen molar-refractivity contribution in [1.82, 2.24) is 4.90 Å². The zero-order valence-corrected chi connectivity index (χ0v) is 12.9. The molecule has 0 aromatic heterocycles. The maximum atomic E-state index is 12.6. The number of morpholine rings is 1. The van der Waals surface area contributed by atoms with E-state index in [0.717, 1.165) is 44.8 Å². The second kappa shape index (κ2) is 6.71. The third kappa shape index (κ3) is 3.53. The van der Waals surface area contributed by atoms with Crippen LogP contribution in [0.5, 0.6) is 0 Å². The van der Waals surface area contributed by atoms with Gasteiger partial charge in [0.25, 0.3) is 0 Å². The van der Waals surface area contributed by atoms with E-state index < -0.39 is 0 Å². The van der Waals surface area contributed by atoms with Gasteiger partial charge in [0.05, 0.1) is 13.2 Å². The molecule has 0 saturated carbocycles. The number of carbonyl (C=O) groups excluding carboxylic acids is 1. The van der Waals surface area contributed by atoms with Crippen molar-refractivity contribution in [2.24, 2.45) is 5.92 Å². The van der Waals surface area contributed by atoms with Crippen LogP contribution in [0, 0.1) is 5.92 Å². The zero-order chi connectivity index (χ0) is 14.7. The molecule has 1 fully saturated rings. The molecule has 3 heteroatoms. The molecule has 114 valence electrons. The fourth-order valence-electron chi connectivity index (χ4n) is 3.43. The van der Waals surface area contributed by atoms with Crippen LogP contribution in [0.15, 0.2) is 18.2 Å². The summed E-state index contributed by atoms with van der Waals surface area (Å²) in [4.78, 5) is 15.0. The predicted octanol–water partition coefficient (Wildman–Crippen LogP) is 2.72. The van der Waals surface area contributed by atoms with Gasteiger partial charge in [0.15, 0.2) is 5.78 Å². The molecule has 0 amide bonds. The second-order valence-corrected chi connectivity index (χ2v) is 6.37. The number of hydrogen-bond acceptors (Lipinski definition) is 3. The van der Waals surface area contributed by atoms with Gasteiger partial charge in [0, 0.05) is 31.1 Å². The molecule has 21 heavy (non-hydrogen) atoms. The van der Waals surface area contributed by atoms with Gasteiger partial charge in [-0.25, -0.2) is 0 Å². The Bertz CT molecular complexity index is 506. The molecule has 1 atom stereocenters. The normalized spacial score (nSPS) is 20.8. The Hall–Kier alpha value is -1.19. The van der Waals surface area contributed by atoms with Crippen LogP contribution in [-0.2, 0) is 17.6 Å². The second-order valence-electron chi connectivity index (χ2n) is 6.37. The summed E-state index contributed by atoms with van der Waals surface area (Å²) in [5, 5.41) is 0. The lowest BCUT2D eigenvalue weighted by Gasteiger charge is -2.28. The summed E-state index contributed by atoms with van der Waals surface area (Å²) in [6.07, 6.45) is 4.85. The minimum absolute atomic E-state index is 0.0599. The molecule has 0 radical (unpaired) electrons. The van der Waals surface area contributed by atoms with E-state index in [1.165, 1.54) is 30.4 Å². The first-order valence-corrected chi connectivity index (χ1v) is 8.20. The molecule has 1 aromatic rings. The first-order valence-electron chi connectivity index (χ1n) is 8.20. The van der Waals surface area contributed by atoms with Gasteiger partial charge in [-0.2, -0.15) is 0 Å². The first-order chi connectivity index (χ1) is 10.2. The minimum atomic E-state index is 0.0599. The van der Waals surface area contributed by atoms with Crippen molar-refractivity contribution in [3.63, 3.8) is 0 Å². The molecule has 1 aromatic carbocycles. The number of nitrogens with zero attached hydrogens (tertiary/aromatic N) is 1. The number of ether oxygens (including phenoxy) is 1. The number of aryl methyl sites for hydroxylation is 2. The summed E-state index contributed by atoms with van der Waals surface area (Å²) in [5.74, 6) is 0.347.